The normalized spacial score (nSPS) is 19.7. The molecule has 3 rings (SSSR count). The largest absolute Gasteiger partial charge is 0.348 e. The molecular weight excluding hydrogens is 259 g/mol. The van der Waals surface area contributed by atoms with Gasteiger partial charge in [-0.1, -0.05) is 19.1 Å². The Morgan fingerprint density at radius 2 is 2.21 bits per heavy atom. The van der Waals surface area contributed by atoms with E-state index >= 15 is 0 Å². The molecule has 1 fully saturated rings. The van der Waals surface area contributed by atoms with Gasteiger partial charge in [0.2, 0.25) is 0 Å². The van der Waals surface area contributed by atoms with E-state index in [1.54, 1.807) is 23.5 Å². The van der Waals surface area contributed by atoms with Crippen LogP contribution in [0.5, 0.6) is 0 Å². The van der Waals surface area contributed by atoms with Crippen LogP contribution in [-0.4, -0.2) is 18.1 Å². The first-order chi connectivity index (χ1) is 9.24. The Morgan fingerprint density at radius 1 is 1.37 bits per heavy atom. The lowest BCUT2D eigenvalue weighted by Gasteiger charge is -2.30. The van der Waals surface area contributed by atoms with Crippen LogP contribution >= 0.6 is 11.3 Å². The minimum absolute atomic E-state index is 0.202. The van der Waals surface area contributed by atoms with Gasteiger partial charge in [-0.2, -0.15) is 0 Å². The molecule has 1 unspecified atom stereocenters. The number of rotatable bonds is 2. The highest BCUT2D eigenvalue weighted by Crippen LogP contribution is 2.31. The number of halogens is 1. The zero-order valence-electron chi connectivity index (χ0n) is 11.0. The van der Waals surface area contributed by atoms with Crippen molar-refractivity contribution in [2.45, 2.75) is 19.8 Å². The van der Waals surface area contributed by atoms with Gasteiger partial charge in [0.05, 0.1) is 5.69 Å². The summed E-state index contributed by atoms with van der Waals surface area (Å²) in [5, 5.41) is 2.97. The molecule has 100 valence electrons. The van der Waals surface area contributed by atoms with Crippen LogP contribution in [0, 0.1) is 11.7 Å². The average Bonchev–Trinajstić information content (AvgIpc) is 2.89. The molecule has 0 radical (unpaired) electrons. The SMILES string of the molecule is CC1CCCN(c2nc(-c3ccccc3F)cs2)C1. The molecule has 1 saturated heterocycles. The summed E-state index contributed by atoms with van der Waals surface area (Å²) in [5.74, 6) is 0.515. The number of piperidine rings is 1. The number of nitrogens with zero attached hydrogens (tertiary/aromatic N) is 2. The van der Waals surface area contributed by atoms with E-state index in [2.05, 4.69) is 16.8 Å². The Labute approximate surface area is 116 Å². The molecule has 0 saturated carbocycles. The smallest absolute Gasteiger partial charge is 0.185 e. The van der Waals surface area contributed by atoms with Crippen molar-refractivity contribution in [2.24, 2.45) is 5.92 Å². The summed E-state index contributed by atoms with van der Waals surface area (Å²) in [6.45, 7) is 4.40. The molecule has 0 amide bonds. The van der Waals surface area contributed by atoms with Crippen LogP contribution in [-0.2, 0) is 0 Å². The van der Waals surface area contributed by atoms with E-state index in [4.69, 9.17) is 0 Å². The van der Waals surface area contributed by atoms with Crippen LogP contribution in [0.15, 0.2) is 29.6 Å². The zero-order chi connectivity index (χ0) is 13.2. The molecule has 19 heavy (non-hydrogen) atoms. The van der Waals surface area contributed by atoms with Crippen molar-refractivity contribution in [1.82, 2.24) is 4.98 Å². The summed E-state index contributed by atoms with van der Waals surface area (Å²) < 4.78 is 13.7. The van der Waals surface area contributed by atoms with E-state index in [1.807, 2.05) is 11.4 Å². The zero-order valence-corrected chi connectivity index (χ0v) is 11.8. The summed E-state index contributed by atoms with van der Waals surface area (Å²) >= 11 is 1.61. The van der Waals surface area contributed by atoms with Crippen molar-refractivity contribution in [3.05, 3.63) is 35.5 Å². The maximum absolute atomic E-state index is 13.7. The van der Waals surface area contributed by atoms with Crippen LogP contribution in [0.2, 0.25) is 0 Å². The average molecular weight is 276 g/mol. The third kappa shape index (κ3) is 2.63. The van der Waals surface area contributed by atoms with Gasteiger partial charge in [0, 0.05) is 24.0 Å². The van der Waals surface area contributed by atoms with E-state index in [1.165, 1.54) is 18.9 Å². The second-order valence-corrected chi connectivity index (χ2v) is 6.03. The molecule has 1 aromatic carbocycles. The monoisotopic (exact) mass is 276 g/mol. The lowest BCUT2D eigenvalue weighted by atomic mass is 10.0. The maximum atomic E-state index is 13.7. The molecule has 0 aliphatic carbocycles. The molecule has 2 nitrogen and oxygen atoms in total. The molecule has 1 aromatic heterocycles. The molecule has 1 atom stereocenters. The van der Waals surface area contributed by atoms with Gasteiger partial charge >= 0.3 is 0 Å². The van der Waals surface area contributed by atoms with E-state index in [9.17, 15) is 4.39 Å². The minimum Gasteiger partial charge on any atom is -0.348 e. The quantitative estimate of drug-likeness (QED) is 0.817. The van der Waals surface area contributed by atoms with E-state index in [0.717, 1.165) is 29.8 Å². The second kappa shape index (κ2) is 5.29. The van der Waals surface area contributed by atoms with Gasteiger partial charge in [-0.25, -0.2) is 9.37 Å². The predicted octanol–water partition coefficient (Wildman–Crippen LogP) is 4.19. The number of thiazole rings is 1. The minimum atomic E-state index is -0.202. The van der Waals surface area contributed by atoms with Crippen LogP contribution in [0.25, 0.3) is 11.3 Å². The fraction of sp³-hybridized carbons (Fsp3) is 0.400. The highest BCUT2D eigenvalue weighted by atomic mass is 32.1. The first-order valence-electron chi connectivity index (χ1n) is 6.69. The lowest BCUT2D eigenvalue weighted by molar-refractivity contribution is 0.446. The molecule has 1 aliphatic rings. The van der Waals surface area contributed by atoms with E-state index in [0.29, 0.717) is 5.56 Å². The van der Waals surface area contributed by atoms with E-state index < -0.39 is 0 Å². The second-order valence-electron chi connectivity index (χ2n) is 5.19. The molecule has 1 aliphatic heterocycles. The van der Waals surface area contributed by atoms with Crippen molar-refractivity contribution < 1.29 is 4.39 Å². The number of anilines is 1. The van der Waals surface area contributed by atoms with Gasteiger partial charge in [-0.15, -0.1) is 11.3 Å². The van der Waals surface area contributed by atoms with Crippen molar-refractivity contribution >= 4 is 16.5 Å². The van der Waals surface area contributed by atoms with Gasteiger partial charge in [-0.3, -0.25) is 0 Å². The number of hydrogen-bond donors (Lipinski definition) is 0. The summed E-state index contributed by atoms with van der Waals surface area (Å²) in [5.41, 5.74) is 1.34. The summed E-state index contributed by atoms with van der Waals surface area (Å²) in [7, 11) is 0. The molecule has 2 heterocycles. The Morgan fingerprint density at radius 3 is 3.00 bits per heavy atom. The molecule has 0 spiro atoms. The first-order valence-corrected chi connectivity index (χ1v) is 7.57. The van der Waals surface area contributed by atoms with Gasteiger partial charge < -0.3 is 4.90 Å². The summed E-state index contributed by atoms with van der Waals surface area (Å²) in [6, 6.07) is 6.82. The number of benzene rings is 1. The fourth-order valence-corrected chi connectivity index (χ4v) is 3.43. The standard InChI is InChI=1S/C15H17FN2S/c1-11-5-4-8-18(9-11)15-17-14(10-19-15)12-6-2-3-7-13(12)16/h2-3,6-7,10-11H,4-5,8-9H2,1H3. The van der Waals surface area contributed by atoms with Crippen LogP contribution < -0.4 is 4.90 Å². The van der Waals surface area contributed by atoms with Crippen LogP contribution in [0.3, 0.4) is 0 Å². The van der Waals surface area contributed by atoms with Crippen LogP contribution in [0.4, 0.5) is 9.52 Å². The molecular formula is C15H17FN2S. The molecule has 2 aromatic rings. The van der Waals surface area contributed by atoms with Crippen molar-refractivity contribution in [3.8, 4) is 11.3 Å². The van der Waals surface area contributed by atoms with Crippen molar-refractivity contribution in [1.29, 1.82) is 0 Å². The topological polar surface area (TPSA) is 16.1 Å². The first kappa shape index (κ1) is 12.6. The molecule has 4 heteroatoms. The third-order valence-corrected chi connectivity index (χ3v) is 4.47. The fourth-order valence-electron chi connectivity index (χ4n) is 2.57. The van der Waals surface area contributed by atoms with E-state index in [-0.39, 0.29) is 5.82 Å². The van der Waals surface area contributed by atoms with Crippen molar-refractivity contribution in [2.75, 3.05) is 18.0 Å². The Bertz CT molecular complexity index is 567. The van der Waals surface area contributed by atoms with Crippen LogP contribution in [0.1, 0.15) is 19.8 Å². The Hall–Kier alpha value is -1.42. The third-order valence-electron chi connectivity index (χ3n) is 3.57. The van der Waals surface area contributed by atoms with Gasteiger partial charge in [0.15, 0.2) is 5.13 Å². The van der Waals surface area contributed by atoms with Gasteiger partial charge in [-0.05, 0) is 30.9 Å². The predicted molar refractivity (Wildman–Crippen MR) is 78.1 cm³/mol. The molecule has 0 bridgehead atoms. The summed E-state index contributed by atoms with van der Waals surface area (Å²) in [6.07, 6.45) is 2.51. The maximum Gasteiger partial charge on any atom is 0.185 e. The van der Waals surface area contributed by atoms with Gasteiger partial charge in [0.25, 0.3) is 0 Å². The molecule has 0 N–H and O–H groups in total. The Kier molecular flexibility index (Phi) is 3.51. The highest BCUT2D eigenvalue weighted by molar-refractivity contribution is 7.14. The number of aromatic nitrogens is 1. The van der Waals surface area contributed by atoms with Crippen molar-refractivity contribution in [3.63, 3.8) is 0 Å². The Balaban J connectivity index is 1.85. The lowest BCUT2D eigenvalue weighted by Crippen LogP contribution is -2.34. The number of hydrogen-bond acceptors (Lipinski definition) is 3. The summed E-state index contributed by atoms with van der Waals surface area (Å²) in [4.78, 5) is 6.93. The van der Waals surface area contributed by atoms with Gasteiger partial charge in [0.1, 0.15) is 5.82 Å². The highest BCUT2D eigenvalue weighted by Gasteiger charge is 2.19.